The van der Waals surface area contributed by atoms with Gasteiger partial charge in [-0.05, 0) is 11.5 Å². The van der Waals surface area contributed by atoms with Gasteiger partial charge in [0.2, 0.25) is 0 Å². The number of hydrogen-bond acceptors (Lipinski definition) is 3. The highest BCUT2D eigenvalue weighted by Crippen LogP contribution is 2.34. The molecule has 3 heteroatoms. The minimum atomic E-state index is -0.0638. The van der Waals surface area contributed by atoms with Gasteiger partial charge in [0.25, 0.3) is 0 Å². The Labute approximate surface area is 85.3 Å². The molecule has 0 saturated heterocycles. The van der Waals surface area contributed by atoms with Crippen molar-refractivity contribution in [2.24, 2.45) is 11.1 Å². The van der Waals surface area contributed by atoms with Crippen molar-refractivity contribution in [3.8, 4) is 5.75 Å². The first-order valence-electron chi connectivity index (χ1n) is 4.70. The van der Waals surface area contributed by atoms with Gasteiger partial charge in [-0.2, -0.15) is 0 Å². The fourth-order valence-corrected chi connectivity index (χ4v) is 1.28. The molecule has 0 aromatic carbocycles. The summed E-state index contributed by atoms with van der Waals surface area (Å²) in [4.78, 5) is 4.07. The van der Waals surface area contributed by atoms with E-state index in [2.05, 4.69) is 25.8 Å². The summed E-state index contributed by atoms with van der Waals surface area (Å²) in [5.74, 6) is 0.808. The molecular weight excluding hydrogens is 176 g/mol. The van der Waals surface area contributed by atoms with Gasteiger partial charge in [0, 0.05) is 24.0 Å². The lowest BCUT2D eigenvalue weighted by atomic mass is 9.83. The number of ether oxygens (including phenoxy) is 1. The van der Waals surface area contributed by atoms with Gasteiger partial charge in [-0.3, -0.25) is 4.98 Å². The number of hydrogen-bond donors (Lipinski definition) is 1. The van der Waals surface area contributed by atoms with Crippen molar-refractivity contribution in [1.29, 1.82) is 0 Å². The van der Waals surface area contributed by atoms with Gasteiger partial charge in [0.05, 0.1) is 7.11 Å². The summed E-state index contributed by atoms with van der Waals surface area (Å²) in [5, 5.41) is 0. The number of nitrogens with two attached hydrogens (primary N) is 1. The molecule has 1 heterocycles. The summed E-state index contributed by atoms with van der Waals surface area (Å²) in [7, 11) is 1.65. The van der Waals surface area contributed by atoms with Crippen LogP contribution < -0.4 is 10.5 Å². The average molecular weight is 194 g/mol. The zero-order valence-corrected chi connectivity index (χ0v) is 9.24. The predicted octanol–water partition coefficient (Wildman–Crippen LogP) is 2.14. The van der Waals surface area contributed by atoms with Crippen molar-refractivity contribution in [3.63, 3.8) is 0 Å². The Hall–Kier alpha value is -1.09. The van der Waals surface area contributed by atoms with Crippen molar-refractivity contribution in [1.82, 2.24) is 4.98 Å². The second-order valence-corrected chi connectivity index (χ2v) is 4.46. The molecule has 0 radical (unpaired) electrons. The van der Waals surface area contributed by atoms with Crippen LogP contribution in [0.25, 0.3) is 0 Å². The van der Waals surface area contributed by atoms with Crippen molar-refractivity contribution in [3.05, 3.63) is 24.0 Å². The number of rotatable bonds is 2. The van der Waals surface area contributed by atoms with Gasteiger partial charge in [-0.15, -0.1) is 0 Å². The van der Waals surface area contributed by atoms with E-state index in [9.17, 15) is 0 Å². The lowest BCUT2D eigenvalue weighted by Crippen LogP contribution is -2.26. The van der Waals surface area contributed by atoms with Crippen LogP contribution in [-0.2, 0) is 0 Å². The molecule has 1 aromatic heterocycles. The van der Waals surface area contributed by atoms with Crippen LogP contribution in [0.3, 0.4) is 0 Å². The molecule has 0 bridgehead atoms. The maximum Gasteiger partial charge on any atom is 0.126 e. The molecule has 1 unspecified atom stereocenters. The highest BCUT2D eigenvalue weighted by molar-refractivity contribution is 5.33. The summed E-state index contributed by atoms with van der Waals surface area (Å²) in [6.07, 6.45) is 3.48. The van der Waals surface area contributed by atoms with Gasteiger partial charge in [-0.1, -0.05) is 20.8 Å². The smallest absolute Gasteiger partial charge is 0.126 e. The fourth-order valence-electron chi connectivity index (χ4n) is 1.28. The topological polar surface area (TPSA) is 48.1 Å². The van der Waals surface area contributed by atoms with E-state index in [-0.39, 0.29) is 11.5 Å². The summed E-state index contributed by atoms with van der Waals surface area (Å²) < 4.78 is 5.24. The van der Waals surface area contributed by atoms with Gasteiger partial charge in [-0.25, -0.2) is 0 Å². The van der Waals surface area contributed by atoms with Crippen molar-refractivity contribution >= 4 is 0 Å². The molecule has 0 aliphatic rings. The number of nitrogens with zero attached hydrogens (tertiary/aromatic N) is 1. The maximum atomic E-state index is 6.13. The van der Waals surface area contributed by atoms with Crippen molar-refractivity contribution in [2.45, 2.75) is 26.8 Å². The number of methoxy groups -OCH3 is 1. The van der Waals surface area contributed by atoms with Gasteiger partial charge in [0.15, 0.2) is 0 Å². The van der Waals surface area contributed by atoms with Crippen molar-refractivity contribution in [2.75, 3.05) is 7.11 Å². The molecule has 0 amide bonds. The molecule has 1 aromatic rings. The van der Waals surface area contributed by atoms with Gasteiger partial charge < -0.3 is 10.5 Å². The summed E-state index contributed by atoms with van der Waals surface area (Å²) in [6, 6.07) is 1.77. The molecule has 3 nitrogen and oxygen atoms in total. The lowest BCUT2D eigenvalue weighted by molar-refractivity contribution is 0.313. The molecule has 0 spiro atoms. The second kappa shape index (κ2) is 3.96. The first-order chi connectivity index (χ1) is 6.46. The molecule has 0 aliphatic heterocycles. The third-order valence-electron chi connectivity index (χ3n) is 2.30. The zero-order chi connectivity index (χ0) is 10.8. The Kier molecular flexibility index (Phi) is 3.11. The van der Waals surface area contributed by atoms with Crippen LogP contribution in [0, 0.1) is 5.41 Å². The van der Waals surface area contributed by atoms with Crippen LogP contribution in [-0.4, -0.2) is 12.1 Å². The van der Waals surface area contributed by atoms with Crippen LogP contribution in [0.1, 0.15) is 32.4 Å². The minimum absolute atomic E-state index is 0.0102. The van der Waals surface area contributed by atoms with E-state index < -0.39 is 0 Å². The van der Waals surface area contributed by atoms with Crippen LogP contribution >= 0.6 is 0 Å². The van der Waals surface area contributed by atoms with Gasteiger partial charge in [0.1, 0.15) is 5.75 Å². The van der Waals surface area contributed by atoms with Crippen LogP contribution in [0.5, 0.6) is 5.75 Å². The van der Waals surface area contributed by atoms with Gasteiger partial charge >= 0.3 is 0 Å². The number of pyridine rings is 1. The van der Waals surface area contributed by atoms with Crippen LogP contribution in [0.2, 0.25) is 0 Å². The fraction of sp³-hybridized carbons (Fsp3) is 0.545. The molecule has 78 valence electrons. The van der Waals surface area contributed by atoms with E-state index in [1.54, 1.807) is 19.5 Å². The predicted molar refractivity (Wildman–Crippen MR) is 57.2 cm³/mol. The molecule has 0 saturated carbocycles. The monoisotopic (exact) mass is 194 g/mol. The second-order valence-electron chi connectivity index (χ2n) is 4.46. The molecular formula is C11H18N2O. The largest absolute Gasteiger partial charge is 0.496 e. The number of aromatic nitrogens is 1. The minimum Gasteiger partial charge on any atom is -0.496 e. The first kappa shape index (κ1) is 11.0. The Morgan fingerprint density at radius 1 is 1.43 bits per heavy atom. The van der Waals surface area contributed by atoms with E-state index >= 15 is 0 Å². The molecule has 2 N–H and O–H groups in total. The average Bonchev–Trinajstić information content (AvgIpc) is 2.15. The Bertz CT molecular complexity index is 304. The highest BCUT2D eigenvalue weighted by atomic mass is 16.5. The third-order valence-corrected chi connectivity index (χ3v) is 2.30. The molecule has 1 atom stereocenters. The van der Waals surface area contributed by atoms with E-state index in [0.29, 0.717) is 0 Å². The molecule has 1 rings (SSSR count). The Balaban J connectivity index is 3.06. The summed E-state index contributed by atoms with van der Waals surface area (Å²) in [5.41, 5.74) is 7.10. The molecule has 14 heavy (non-hydrogen) atoms. The SMILES string of the molecule is COc1ccncc1C(N)C(C)(C)C. The summed E-state index contributed by atoms with van der Waals surface area (Å²) in [6.45, 7) is 6.30. The van der Waals surface area contributed by atoms with E-state index in [1.807, 2.05) is 6.07 Å². The quantitative estimate of drug-likeness (QED) is 0.784. The first-order valence-corrected chi connectivity index (χ1v) is 4.70. The van der Waals surface area contributed by atoms with E-state index in [0.717, 1.165) is 11.3 Å². The standard InChI is InChI=1S/C11H18N2O/c1-11(2,3)10(12)8-7-13-6-5-9(8)14-4/h5-7,10H,12H2,1-4H3. The maximum absolute atomic E-state index is 6.13. The molecule has 0 fully saturated rings. The normalized spacial score (nSPS) is 13.8. The van der Waals surface area contributed by atoms with Crippen LogP contribution in [0.4, 0.5) is 0 Å². The van der Waals surface area contributed by atoms with E-state index in [1.165, 1.54) is 0 Å². The van der Waals surface area contributed by atoms with Crippen molar-refractivity contribution < 1.29 is 4.74 Å². The highest BCUT2D eigenvalue weighted by Gasteiger charge is 2.24. The zero-order valence-electron chi connectivity index (χ0n) is 9.24. The van der Waals surface area contributed by atoms with E-state index in [4.69, 9.17) is 10.5 Å². The van der Waals surface area contributed by atoms with Crippen LogP contribution in [0.15, 0.2) is 18.5 Å². The Morgan fingerprint density at radius 3 is 2.57 bits per heavy atom. The Morgan fingerprint density at radius 2 is 2.07 bits per heavy atom. The molecule has 0 aliphatic carbocycles. The lowest BCUT2D eigenvalue weighted by Gasteiger charge is -2.28. The third kappa shape index (κ3) is 2.23. The summed E-state index contributed by atoms with van der Waals surface area (Å²) >= 11 is 0.